The number of nitrogens with zero attached hydrogens (tertiary/aromatic N) is 1. The first-order valence-corrected chi connectivity index (χ1v) is 5.89. The maximum absolute atomic E-state index is 12.0. The third-order valence-electron chi connectivity index (χ3n) is 3.17. The summed E-state index contributed by atoms with van der Waals surface area (Å²) in [6, 6.07) is 4.70. The molecule has 18 heavy (non-hydrogen) atoms. The van der Waals surface area contributed by atoms with Crippen LogP contribution in [0.2, 0.25) is 0 Å². The second-order valence-corrected chi connectivity index (χ2v) is 4.31. The highest BCUT2D eigenvalue weighted by Crippen LogP contribution is 2.28. The van der Waals surface area contributed by atoms with Gasteiger partial charge in [0.25, 0.3) is 11.6 Å². The molecule has 0 bridgehead atoms. The van der Waals surface area contributed by atoms with Gasteiger partial charge in [0.05, 0.1) is 10.5 Å². The summed E-state index contributed by atoms with van der Waals surface area (Å²) in [4.78, 5) is 22.4. The molecule has 1 aliphatic carbocycles. The molecule has 6 heteroatoms. The van der Waals surface area contributed by atoms with Crippen molar-refractivity contribution >= 4 is 17.3 Å². The highest BCUT2D eigenvalue weighted by molar-refractivity contribution is 6.01. The average molecular weight is 249 g/mol. The summed E-state index contributed by atoms with van der Waals surface area (Å²) in [6.45, 7) is 0. The van der Waals surface area contributed by atoms with Crippen molar-refractivity contribution in [1.82, 2.24) is 5.32 Å². The molecule has 6 nitrogen and oxygen atoms in total. The van der Waals surface area contributed by atoms with Gasteiger partial charge in [0.15, 0.2) is 0 Å². The average Bonchev–Trinajstić information content (AvgIpc) is 2.32. The molecule has 0 aliphatic heterocycles. The number of benzene rings is 1. The van der Waals surface area contributed by atoms with Crippen LogP contribution in [0, 0.1) is 10.1 Å². The maximum Gasteiger partial charge on any atom is 0.293 e. The summed E-state index contributed by atoms with van der Waals surface area (Å²) in [6.07, 6.45) is 3.09. The number of nitrogens with one attached hydrogen (secondary N) is 2. The van der Waals surface area contributed by atoms with Crippen molar-refractivity contribution < 1.29 is 9.72 Å². The van der Waals surface area contributed by atoms with Crippen LogP contribution in [-0.4, -0.2) is 23.9 Å². The maximum atomic E-state index is 12.0. The monoisotopic (exact) mass is 249 g/mol. The minimum atomic E-state index is -0.494. The molecule has 1 aliphatic rings. The fourth-order valence-electron chi connectivity index (χ4n) is 1.96. The van der Waals surface area contributed by atoms with Crippen molar-refractivity contribution in [3.8, 4) is 0 Å². The van der Waals surface area contributed by atoms with E-state index in [-0.39, 0.29) is 23.3 Å². The standard InChI is InChI=1S/C12H15N3O3/c1-13-11-9(6-3-7-10(11)15(17)18)12(16)14-8-4-2-5-8/h3,6-8,13H,2,4-5H2,1H3,(H,14,16). The Morgan fingerprint density at radius 1 is 1.44 bits per heavy atom. The first-order chi connectivity index (χ1) is 8.63. The van der Waals surface area contributed by atoms with Gasteiger partial charge in [0.2, 0.25) is 0 Å². The minimum absolute atomic E-state index is 0.0845. The summed E-state index contributed by atoms with van der Waals surface area (Å²) >= 11 is 0. The van der Waals surface area contributed by atoms with E-state index < -0.39 is 4.92 Å². The van der Waals surface area contributed by atoms with Crippen molar-refractivity contribution in [3.05, 3.63) is 33.9 Å². The molecule has 0 unspecified atom stereocenters. The molecule has 96 valence electrons. The lowest BCUT2D eigenvalue weighted by atomic mass is 9.93. The fourth-order valence-corrected chi connectivity index (χ4v) is 1.96. The van der Waals surface area contributed by atoms with Crippen LogP contribution in [0.3, 0.4) is 0 Å². The van der Waals surface area contributed by atoms with Crippen molar-refractivity contribution in [2.45, 2.75) is 25.3 Å². The van der Waals surface area contributed by atoms with Gasteiger partial charge in [0.1, 0.15) is 5.69 Å². The molecule has 1 aromatic rings. The zero-order chi connectivity index (χ0) is 13.1. The molecule has 0 saturated heterocycles. The van der Waals surface area contributed by atoms with Gasteiger partial charge < -0.3 is 10.6 Å². The van der Waals surface area contributed by atoms with Crippen LogP contribution >= 0.6 is 0 Å². The molecule has 1 amide bonds. The summed E-state index contributed by atoms with van der Waals surface area (Å²) in [5, 5.41) is 16.5. The normalized spacial score (nSPS) is 14.7. The van der Waals surface area contributed by atoms with Gasteiger partial charge in [-0.1, -0.05) is 6.07 Å². The third kappa shape index (κ3) is 2.27. The molecule has 0 radical (unpaired) electrons. The lowest BCUT2D eigenvalue weighted by Crippen LogP contribution is -2.39. The van der Waals surface area contributed by atoms with E-state index in [1.165, 1.54) is 12.1 Å². The second kappa shape index (κ2) is 5.03. The Balaban J connectivity index is 2.28. The number of amides is 1. The lowest BCUT2D eigenvalue weighted by molar-refractivity contribution is -0.384. The van der Waals surface area contributed by atoms with Gasteiger partial charge in [0, 0.05) is 19.2 Å². The van der Waals surface area contributed by atoms with E-state index in [0.717, 1.165) is 19.3 Å². The van der Waals surface area contributed by atoms with Crippen molar-refractivity contribution in [2.24, 2.45) is 0 Å². The Kier molecular flexibility index (Phi) is 3.45. The zero-order valence-corrected chi connectivity index (χ0v) is 10.1. The van der Waals surface area contributed by atoms with Crippen molar-refractivity contribution in [2.75, 3.05) is 12.4 Å². The van der Waals surface area contributed by atoms with Crippen LogP contribution in [0.1, 0.15) is 29.6 Å². The molecule has 1 saturated carbocycles. The van der Waals surface area contributed by atoms with Crippen molar-refractivity contribution in [3.63, 3.8) is 0 Å². The number of anilines is 1. The zero-order valence-electron chi connectivity index (χ0n) is 10.1. The Bertz CT molecular complexity index is 483. The number of rotatable bonds is 4. The number of para-hydroxylation sites is 1. The molecule has 1 aromatic carbocycles. The van der Waals surface area contributed by atoms with Crippen LogP contribution < -0.4 is 10.6 Å². The first kappa shape index (κ1) is 12.3. The summed E-state index contributed by atoms with van der Waals surface area (Å²) in [7, 11) is 1.57. The second-order valence-electron chi connectivity index (χ2n) is 4.31. The smallest absolute Gasteiger partial charge is 0.293 e. The van der Waals surface area contributed by atoms with Gasteiger partial charge >= 0.3 is 0 Å². The number of hydrogen-bond acceptors (Lipinski definition) is 4. The third-order valence-corrected chi connectivity index (χ3v) is 3.17. The van der Waals surface area contributed by atoms with E-state index in [2.05, 4.69) is 10.6 Å². The highest BCUT2D eigenvalue weighted by Gasteiger charge is 2.24. The van der Waals surface area contributed by atoms with Crippen LogP contribution in [0.5, 0.6) is 0 Å². The first-order valence-electron chi connectivity index (χ1n) is 5.89. The summed E-state index contributed by atoms with van der Waals surface area (Å²) in [5.74, 6) is -0.257. The molecule has 2 N–H and O–H groups in total. The van der Waals surface area contributed by atoms with E-state index in [9.17, 15) is 14.9 Å². The van der Waals surface area contributed by atoms with E-state index in [1.807, 2.05) is 0 Å². The van der Waals surface area contributed by atoms with Crippen LogP contribution in [0.25, 0.3) is 0 Å². The van der Waals surface area contributed by atoms with Crippen LogP contribution in [-0.2, 0) is 0 Å². The van der Waals surface area contributed by atoms with Gasteiger partial charge in [-0.3, -0.25) is 14.9 Å². The predicted molar refractivity (Wildman–Crippen MR) is 67.7 cm³/mol. The Morgan fingerprint density at radius 3 is 2.67 bits per heavy atom. The predicted octanol–water partition coefficient (Wildman–Crippen LogP) is 1.92. The topological polar surface area (TPSA) is 84.3 Å². The minimum Gasteiger partial charge on any atom is -0.382 e. The number of carbonyl (C=O) groups is 1. The summed E-state index contributed by atoms with van der Waals surface area (Å²) in [5.41, 5.74) is 0.497. The molecular weight excluding hydrogens is 234 g/mol. The number of hydrogen-bond donors (Lipinski definition) is 2. The van der Waals surface area contributed by atoms with Gasteiger partial charge in [-0.15, -0.1) is 0 Å². The van der Waals surface area contributed by atoms with E-state index in [0.29, 0.717) is 5.56 Å². The Labute approximate surface area is 105 Å². The fraction of sp³-hybridized carbons (Fsp3) is 0.417. The van der Waals surface area contributed by atoms with Gasteiger partial charge in [-0.05, 0) is 25.3 Å². The molecule has 0 aromatic heterocycles. The van der Waals surface area contributed by atoms with E-state index in [4.69, 9.17) is 0 Å². The van der Waals surface area contributed by atoms with Crippen LogP contribution in [0.4, 0.5) is 11.4 Å². The summed E-state index contributed by atoms with van der Waals surface area (Å²) < 4.78 is 0. The Morgan fingerprint density at radius 2 is 2.17 bits per heavy atom. The number of nitro benzene ring substituents is 1. The van der Waals surface area contributed by atoms with Gasteiger partial charge in [-0.25, -0.2) is 0 Å². The number of carbonyl (C=O) groups excluding carboxylic acids is 1. The van der Waals surface area contributed by atoms with E-state index >= 15 is 0 Å². The molecular formula is C12H15N3O3. The van der Waals surface area contributed by atoms with Gasteiger partial charge in [-0.2, -0.15) is 0 Å². The number of nitro groups is 1. The van der Waals surface area contributed by atoms with Crippen LogP contribution in [0.15, 0.2) is 18.2 Å². The Hall–Kier alpha value is -2.11. The molecule has 0 atom stereocenters. The molecule has 1 fully saturated rings. The van der Waals surface area contributed by atoms with E-state index in [1.54, 1.807) is 13.1 Å². The molecule has 2 rings (SSSR count). The molecule has 0 heterocycles. The SMILES string of the molecule is CNc1c(C(=O)NC2CCC2)cccc1[N+](=O)[O-]. The largest absolute Gasteiger partial charge is 0.382 e. The highest BCUT2D eigenvalue weighted by atomic mass is 16.6. The van der Waals surface area contributed by atoms with Crippen molar-refractivity contribution in [1.29, 1.82) is 0 Å². The quantitative estimate of drug-likeness (QED) is 0.630. The molecule has 0 spiro atoms. The lowest BCUT2D eigenvalue weighted by Gasteiger charge is -2.26.